The number of hydrogen-bond acceptors (Lipinski definition) is 4. The van der Waals surface area contributed by atoms with Crippen molar-refractivity contribution in [3.05, 3.63) is 65.0 Å². The molecule has 26 heavy (non-hydrogen) atoms. The molecule has 0 N–H and O–H groups in total. The molecular weight excluding hydrogens is 337 g/mol. The topological polar surface area (TPSA) is 63.7 Å². The van der Waals surface area contributed by atoms with Crippen LogP contribution in [0, 0.1) is 5.82 Å². The Morgan fingerprint density at radius 1 is 1.00 bits per heavy atom. The maximum absolute atomic E-state index is 13.2. The molecule has 0 spiro atoms. The molecule has 2 aromatic carbocycles. The van der Waals surface area contributed by atoms with Crippen LogP contribution in [-0.2, 0) is 14.3 Å². The number of nitrogens with zero attached hydrogens (tertiary/aromatic N) is 1. The number of amides is 2. The normalized spacial score (nSPS) is 14.9. The number of fused-ring (bicyclic) bond motifs is 1. The number of anilines is 1. The Labute approximate surface area is 149 Å². The van der Waals surface area contributed by atoms with E-state index >= 15 is 0 Å². The van der Waals surface area contributed by atoms with Crippen molar-refractivity contribution in [2.75, 3.05) is 12.0 Å². The second-order valence-corrected chi connectivity index (χ2v) is 5.86. The summed E-state index contributed by atoms with van der Waals surface area (Å²) in [5.41, 5.74) is 1.88. The summed E-state index contributed by atoms with van der Waals surface area (Å²) in [6.45, 7) is 2.70. The average molecular weight is 353 g/mol. The first-order valence-corrected chi connectivity index (χ1v) is 7.89. The lowest BCUT2D eigenvalue weighted by Gasteiger charge is -2.12. The van der Waals surface area contributed by atoms with Crippen LogP contribution in [0.4, 0.5) is 10.1 Å². The summed E-state index contributed by atoms with van der Waals surface area (Å²) in [7, 11) is 1.39. The molecule has 132 valence electrons. The fourth-order valence-electron chi connectivity index (χ4n) is 2.98. The Hall–Kier alpha value is -3.28. The Morgan fingerprint density at radius 2 is 1.62 bits per heavy atom. The van der Waals surface area contributed by atoms with Crippen molar-refractivity contribution >= 4 is 34.6 Å². The first kappa shape index (κ1) is 17.5. The molecule has 0 unspecified atom stereocenters. The standard InChI is InChI=1S/C20H16FNO4/c1-11(23)14-6-9-17-16(10-14)18(20(25)22(17)12(2)24)19(26-3)13-4-7-15(21)8-5-13/h4-10H,1-3H3. The van der Waals surface area contributed by atoms with Gasteiger partial charge in [0.1, 0.15) is 11.6 Å². The van der Waals surface area contributed by atoms with Gasteiger partial charge in [0.2, 0.25) is 5.91 Å². The summed E-state index contributed by atoms with van der Waals surface area (Å²) < 4.78 is 18.7. The lowest BCUT2D eigenvalue weighted by molar-refractivity contribution is -0.122. The average Bonchev–Trinajstić information content (AvgIpc) is 2.89. The van der Waals surface area contributed by atoms with Gasteiger partial charge < -0.3 is 4.74 Å². The van der Waals surface area contributed by atoms with Crippen LogP contribution in [0.2, 0.25) is 0 Å². The van der Waals surface area contributed by atoms with Crippen LogP contribution in [0.25, 0.3) is 11.3 Å². The molecule has 0 radical (unpaired) electrons. The van der Waals surface area contributed by atoms with E-state index in [2.05, 4.69) is 0 Å². The summed E-state index contributed by atoms with van der Waals surface area (Å²) in [6.07, 6.45) is 0. The highest BCUT2D eigenvalue weighted by Gasteiger charge is 2.38. The number of carbonyl (C=O) groups excluding carboxylic acids is 3. The molecule has 0 aromatic heterocycles. The van der Waals surface area contributed by atoms with Gasteiger partial charge in [0.05, 0.1) is 18.4 Å². The Balaban J connectivity index is 2.31. The first-order chi connectivity index (χ1) is 12.3. The molecule has 5 nitrogen and oxygen atoms in total. The van der Waals surface area contributed by atoms with Crippen molar-refractivity contribution in [1.29, 1.82) is 0 Å². The third-order valence-electron chi connectivity index (χ3n) is 4.18. The molecule has 0 saturated carbocycles. The predicted molar refractivity (Wildman–Crippen MR) is 94.8 cm³/mol. The van der Waals surface area contributed by atoms with E-state index in [1.807, 2.05) is 0 Å². The molecule has 1 heterocycles. The monoisotopic (exact) mass is 353 g/mol. The van der Waals surface area contributed by atoms with Crippen LogP contribution >= 0.6 is 0 Å². The SMILES string of the molecule is COC(=C1C(=O)N(C(C)=O)c2ccc(C(C)=O)cc21)c1ccc(F)cc1. The minimum absolute atomic E-state index is 0.160. The van der Waals surface area contributed by atoms with Crippen molar-refractivity contribution in [3.63, 3.8) is 0 Å². The van der Waals surface area contributed by atoms with Gasteiger partial charge in [-0.1, -0.05) is 0 Å². The second kappa shape index (κ2) is 6.55. The summed E-state index contributed by atoms with van der Waals surface area (Å²) in [4.78, 5) is 37.7. The van der Waals surface area contributed by atoms with Crippen LogP contribution in [0.3, 0.4) is 0 Å². The number of ether oxygens (including phenoxy) is 1. The molecule has 2 amide bonds. The zero-order valence-corrected chi connectivity index (χ0v) is 14.5. The number of carbonyl (C=O) groups is 3. The number of ketones is 1. The van der Waals surface area contributed by atoms with Gasteiger partial charge in [-0.2, -0.15) is 0 Å². The number of benzene rings is 2. The van der Waals surface area contributed by atoms with Crippen LogP contribution in [-0.4, -0.2) is 24.7 Å². The second-order valence-electron chi connectivity index (χ2n) is 5.86. The fourth-order valence-corrected chi connectivity index (χ4v) is 2.98. The predicted octanol–water partition coefficient (Wildman–Crippen LogP) is 3.44. The molecule has 2 aromatic rings. The highest BCUT2D eigenvalue weighted by molar-refractivity contribution is 6.43. The van der Waals surface area contributed by atoms with E-state index in [4.69, 9.17) is 4.74 Å². The molecule has 0 fully saturated rings. The van der Waals surface area contributed by atoms with Gasteiger partial charge in [-0.3, -0.25) is 14.4 Å². The highest BCUT2D eigenvalue weighted by atomic mass is 19.1. The molecule has 1 aliphatic heterocycles. The molecular formula is C20H16FNO4. The summed E-state index contributed by atoms with van der Waals surface area (Å²) in [5.74, 6) is -1.37. The third-order valence-corrected chi connectivity index (χ3v) is 4.18. The quantitative estimate of drug-likeness (QED) is 0.482. The summed E-state index contributed by atoms with van der Waals surface area (Å²) >= 11 is 0. The summed E-state index contributed by atoms with van der Waals surface area (Å²) in [6, 6.07) is 10.2. The molecule has 1 aliphatic rings. The van der Waals surface area contributed by atoms with Gasteiger partial charge in [-0.25, -0.2) is 9.29 Å². The number of rotatable bonds is 3. The Morgan fingerprint density at radius 3 is 2.15 bits per heavy atom. The van der Waals surface area contributed by atoms with E-state index in [1.165, 1.54) is 45.2 Å². The Kier molecular flexibility index (Phi) is 4.42. The van der Waals surface area contributed by atoms with Gasteiger partial charge >= 0.3 is 0 Å². The van der Waals surface area contributed by atoms with Gasteiger partial charge in [-0.05, 0) is 49.4 Å². The zero-order valence-electron chi connectivity index (χ0n) is 14.5. The van der Waals surface area contributed by atoms with Gasteiger partial charge in [0, 0.05) is 23.6 Å². The van der Waals surface area contributed by atoms with Crippen LogP contribution in [0.15, 0.2) is 42.5 Å². The number of imide groups is 1. The molecule has 0 bridgehead atoms. The molecule has 0 saturated heterocycles. The first-order valence-electron chi connectivity index (χ1n) is 7.89. The van der Waals surface area contributed by atoms with Crippen molar-refractivity contribution < 1.29 is 23.5 Å². The van der Waals surface area contributed by atoms with E-state index < -0.39 is 17.6 Å². The fraction of sp³-hybridized carbons (Fsp3) is 0.150. The van der Waals surface area contributed by atoms with E-state index in [0.717, 1.165) is 4.90 Å². The van der Waals surface area contributed by atoms with Crippen molar-refractivity contribution in [2.45, 2.75) is 13.8 Å². The maximum Gasteiger partial charge on any atom is 0.269 e. The van der Waals surface area contributed by atoms with Gasteiger partial charge in [0.25, 0.3) is 5.91 Å². The lowest BCUT2D eigenvalue weighted by atomic mass is 9.99. The lowest BCUT2D eigenvalue weighted by Crippen LogP contribution is -2.31. The highest BCUT2D eigenvalue weighted by Crippen LogP contribution is 2.41. The minimum Gasteiger partial charge on any atom is -0.495 e. The van der Waals surface area contributed by atoms with Crippen molar-refractivity contribution in [1.82, 2.24) is 0 Å². The molecule has 0 atom stereocenters. The van der Waals surface area contributed by atoms with Crippen molar-refractivity contribution in [3.8, 4) is 0 Å². The minimum atomic E-state index is -0.547. The van der Waals surface area contributed by atoms with Crippen molar-refractivity contribution in [2.24, 2.45) is 0 Å². The third kappa shape index (κ3) is 2.79. The van der Waals surface area contributed by atoms with E-state index in [0.29, 0.717) is 22.4 Å². The van der Waals surface area contributed by atoms with Crippen LogP contribution in [0.1, 0.15) is 35.3 Å². The number of methoxy groups -OCH3 is 1. The number of halogens is 1. The summed E-state index contributed by atoms with van der Waals surface area (Å²) in [5, 5.41) is 0. The largest absolute Gasteiger partial charge is 0.495 e. The molecule has 3 rings (SSSR count). The van der Waals surface area contributed by atoms with E-state index in [9.17, 15) is 18.8 Å². The Bertz CT molecular complexity index is 960. The van der Waals surface area contributed by atoms with Gasteiger partial charge in [-0.15, -0.1) is 0 Å². The van der Waals surface area contributed by atoms with E-state index in [-0.39, 0.29) is 17.1 Å². The van der Waals surface area contributed by atoms with Crippen LogP contribution in [0.5, 0.6) is 0 Å². The number of hydrogen-bond donors (Lipinski definition) is 0. The molecule has 0 aliphatic carbocycles. The smallest absolute Gasteiger partial charge is 0.269 e. The van der Waals surface area contributed by atoms with E-state index in [1.54, 1.807) is 18.2 Å². The van der Waals surface area contributed by atoms with Crippen LogP contribution < -0.4 is 4.90 Å². The number of Topliss-reactive ketones (excluding diaryl/α,β-unsaturated/α-hetero) is 1. The zero-order chi connectivity index (χ0) is 19.0. The molecule has 6 heteroatoms. The maximum atomic E-state index is 13.2. The van der Waals surface area contributed by atoms with Gasteiger partial charge in [0.15, 0.2) is 5.78 Å².